The van der Waals surface area contributed by atoms with Crippen LogP contribution in [0.1, 0.15) is 15.9 Å². The first-order valence-electron chi connectivity index (χ1n) is 7.62. The number of nitrogens with zero attached hydrogens (tertiary/aromatic N) is 2. The molecule has 2 aromatic carbocycles. The lowest BCUT2D eigenvalue weighted by Gasteiger charge is -2.13. The van der Waals surface area contributed by atoms with E-state index in [0.717, 1.165) is 5.56 Å². The Labute approximate surface area is 148 Å². The van der Waals surface area contributed by atoms with Gasteiger partial charge in [0.1, 0.15) is 0 Å². The highest BCUT2D eigenvalue weighted by molar-refractivity contribution is 7.99. The van der Waals surface area contributed by atoms with E-state index >= 15 is 0 Å². The van der Waals surface area contributed by atoms with Crippen molar-refractivity contribution in [3.8, 4) is 5.69 Å². The molecule has 3 rings (SSSR count). The average molecular weight is 352 g/mol. The molecule has 3 aromatic rings. The van der Waals surface area contributed by atoms with Crippen LogP contribution in [0.2, 0.25) is 0 Å². The van der Waals surface area contributed by atoms with Crippen molar-refractivity contribution in [2.75, 3.05) is 5.75 Å². The topological polar surface area (TPSA) is 72.2 Å². The van der Waals surface area contributed by atoms with E-state index in [-0.39, 0.29) is 16.5 Å². The fourth-order valence-electron chi connectivity index (χ4n) is 2.52. The Morgan fingerprint density at radius 1 is 1.32 bits per heavy atom. The highest BCUT2D eigenvalue weighted by Gasteiger charge is 2.15. The summed E-state index contributed by atoms with van der Waals surface area (Å²) in [4.78, 5) is 28.9. The molecule has 6 heteroatoms. The van der Waals surface area contributed by atoms with Gasteiger partial charge in [0.05, 0.1) is 22.2 Å². The Hall–Kier alpha value is -2.86. The van der Waals surface area contributed by atoms with E-state index in [1.165, 1.54) is 28.5 Å². The third-order valence-electron chi connectivity index (χ3n) is 3.67. The zero-order valence-corrected chi connectivity index (χ0v) is 14.4. The van der Waals surface area contributed by atoms with E-state index < -0.39 is 5.97 Å². The molecule has 0 radical (unpaired) electrons. The molecule has 1 aromatic heterocycles. The van der Waals surface area contributed by atoms with Gasteiger partial charge in [0, 0.05) is 5.75 Å². The lowest BCUT2D eigenvalue weighted by Crippen LogP contribution is -2.22. The molecule has 1 heterocycles. The van der Waals surface area contributed by atoms with Gasteiger partial charge in [0.15, 0.2) is 5.16 Å². The molecule has 0 amide bonds. The monoisotopic (exact) mass is 352 g/mol. The van der Waals surface area contributed by atoms with Gasteiger partial charge in [-0.15, -0.1) is 6.58 Å². The molecule has 0 aliphatic heterocycles. The maximum atomic E-state index is 13.1. The van der Waals surface area contributed by atoms with E-state index in [1.807, 2.05) is 31.2 Å². The predicted molar refractivity (Wildman–Crippen MR) is 100.0 cm³/mol. The zero-order chi connectivity index (χ0) is 18.0. The Bertz CT molecular complexity index is 1040. The second kappa shape index (κ2) is 6.94. The van der Waals surface area contributed by atoms with Crippen molar-refractivity contribution in [3.63, 3.8) is 0 Å². The lowest BCUT2D eigenvalue weighted by atomic mass is 10.1. The second-order valence-corrected chi connectivity index (χ2v) is 6.50. The number of hydrogen-bond acceptors (Lipinski definition) is 4. The maximum absolute atomic E-state index is 13.1. The molecule has 1 N–H and O–H groups in total. The molecule has 0 spiro atoms. The summed E-state index contributed by atoms with van der Waals surface area (Å²) in [5.74, 6) is -0.467. The Morgan fingerprint density at radius 2 is 2.12 bits per heavy atom. The van der Waals surface area contributed by atoms with Gasteiger partial charge in [-0.2, -0.15) is 0 Å². The van der Waals surface area contributed by atoms with Gasteiger partial charge >= 0.3 is 5.97 Å². The van der Waals surface area contributed by atoms with Crippen LogP contribution in [0.5, 0.6) is 0 Å². The summed E-state index contributed by atoms with van der Waals surface area (Å²) in [5.41, 5.74) is 1.97. The molecule has 5 nitrogen and oxygen atoms in total. The van der Waals surface area contributed by atoms with E-state index in [2.05, 4.69) is 11.6 Å². The average Bonchev–Trinajstić information content (AvgIpc) is 2.59. The molecular weight excluding hydrogens is 336 g/mol. The Morgan fingerprint density at radius 3 is 2.80 bits per heavy atom. The summed E-state index contributed by atoms with van der Waals surface area (Å²) in [7, 11) is 0. The maximum Gasteiger partial charge on any atom is 0.335 e. The van der Waals surface area contributed by atoms with Gasteiger partial charge < -0.3 is 5.11 Å². The molecule has 0 unspecified atom stereocenters. The van der Waals surface area contributed by atoms with Crippen LogP contribution in [0.4, 0.5) is 0 Å². The smallest absolute Gasteiger partial charge is 0.335 e. The molecule has 0 bridgehead atoms. The van der Waals surface area contributed by atoms with Gasteiger partial charge in [0.25, 0.3) is 5.56 Å². The van der Waals surface area contributed by atoms with Crippen molar-refractivity contribution in [2.45, 2.75) is 12.1 Å². The minimum atomic E-state index is -1.08. The molecule has 0 atom stereocenters. The largest absolute Gasteiger partial charge is 0.478 e. The number of thioether (sulfide) groups is 1. The number of carboxylic acid groups (broad SMARTS) is 1. The van der Waals surface area contributed by atoms with Gasteiger partial charge in [0.2, 0.25) is 0 Å². The van der Waals surface area contributed by atoms with E-state index in [0.29, 0.717) is 22.1 Å². The highest BCUT2D eigenvalue weighted by atomic mass is 32.2. The first kappa shape index (κ1) is 17.0. The molecule has 0 saturated heterocycles. The van der Waals surface area contributed by atoms with E-state index in [1.54, 1.807) is 12.1 Å². The normalized spacial score (nSPS) is 10.8. The highest BCUT2D eigenvalue weighted by Crippen LogP contribution is 2.22. The molecule has 126 valence electrons. The lowest BCUT2D eigenvalue weighted by molar-refractivity contribution is 0.0697. The third-order valence-corrected chi connectivity index (χ3v) is 4.61. The molecule has 0 fully saturated rings. The van der Waals surface area contributed by atoms with E-state index in [9.17, 15) is 14.7 Å². The summed E-state index contributed by atoms with van der Waals surface area (Å²) >= 11 is 1.40. The standard InChI is InChI=1S/C19H16N2O3S/c1-3-9-25-19-20-16-8-7-13(18(23)24)11-15(16)17(22)21(19)14-6-4-5-12(2)10-14/h3-8,10-11H,1,9H2,2H3,(H,23,24). The number of carbonyl (C=O) groups is 1. The van der Waals surface area contributed by atoms with Crippen LogP contribution >= 0.6 is 11.8 Å². The fourth-order valence-corrected chi connectivity index (χ4v) is 3.27. The first-order valence-corrected chi connectivity index (χ1v) is 8.60. The van der Waals surface area contributed by atoms with Crippen LogP contribution < -0.4 is 5.56 Å². The van der Waals surface area contributed by atoms with Crippen molar-refractivity contribution >= 4 is 28.6 Å². The minimum absolute atomic E-state index is 0.0636. The Kier molecular flexibility index (Phi) is 4.72. The molecule has 25 heavy (non-hydrogen) atoms. The minimum Gasteiger partial charge on any atom is -0.478 e. The number of rotatable bonds is 5. The number of aromatic nitrogens is 2. The van der Waals surface area contributed by atoms with Gasteiger partial charge in [-0.05, 0) is 42.8 Å². The number of benzene rings is 2. The molecule has 0 aliphatic carbocycles. The van der Waals surface area contributed by atoms with Crippen LogP contribution in [0.25, 0.3) is 16.6 Å². The van der Waals surface area contributed by atoms with Crippen molar-refractivity contribution in [2.24, 2.45) is 0 Å². The van der Waals surface area contributed by atoms with Crippen LogP contribution in [0.15, 0.2) is 65.1 Å². The fraction of sp³-hybridized carbons (Fsp3) is 0.105. The number of carboxylic acids is 1. The van der Waals surface area contributed by atoms with Crippen molar-refractivity contribution in [1.29, 1.82) is 0 Å². The quantitative estimate of drug-likeness (QED) is 0.431. The zero-order valence-electron chi connectivity index (χ0n) is 13.6. The first-order chi connectivity index (χ1) is 12.0. The number of hydrogen-bond donors (Lipinski definition) is 1. The number of fused-ring (bicyclic) bond motifs is 1. The molecule has 0 saturated carbocycles. The summed E-state index contributed by atoms with van der Waals surface area (Å²) in [6.45, 7) is 5.65. The Balaban J connectivity index is 2.33. The van der Waals surface area contributed by atoms with Gasteiger partial charge in [-0.25, -0.2) is 9.78 Å². The third kappa shape index (κ3) is 3.34. The van der Waals surface area contributed by atoms with Gasteiger partial charge in [-0.3, -0.25) is 9.36 Å². The van der Waals surface area contributed by atoms with Crippen LogP contribution in [-0.4, -0.2) is 26.4 Å². The van der Waals surface area contributed by atoms with Crippen LogP contribution in [-0.2, 0) is 0 Å². The summed E-state index contributed by atoms with van der Waals surface area (Å²) in [6, 6.07) is 11.9. The predicted octanol–water partition coefficient (Wildman–Crippen LogP) is 3.67. The molecule has 0 aliphatic rings. The van der Waals surface area contributed by atoms with Gasteiger partial charge in [-0.1, -0.05) is 30.0 Å². The second-order valence-electron chi connectivity index (χ2n) is 5.51. The van der Waals surface area contributed by atoms with Crippen molar-refractivity contribution in [1.82, 2.24) is 9.55 Å². The SMILES string of the molecule is C=CCSc1nc2ccc(C(=O)O)cc2c(=O)n1-c1cccc(C)c1. The number of aryl methyl sites for hydroxylation is 1. The van der Waals surface area contributed by atoms with E-state index in [4.69, 9.17) is 0 Å². The summed E-state index contributed by atoms with van der Waals surface area (Å²) in [5, 5.41) is 10.0. The van der Waals surface area contributed by atoms with Crippen molar-refractivity contribution < 1.29 is 9.90 Å². The van der Waals surface area contributed by atoms with Crippen LogP contribution in [0.3, 0.4) is 0 Å². The number of aromatic carboxylic acids is 1. The van der Waals surface area contributed by atoms with Crippen LogP contribution in [0, 0.1) is 6.92 Å². The summed E-state index contributed by atoms with van der Waals surface area (Å²) < 4.78 is 1.52. The van der Waals surface area contributed by atoms with Crippen molar-refractivity contribution in [3.05, 3.63) is 76.6 Å². The molecular formula is C19H16N2O3S. The summed E-state index contributed by atoms with van der Waals surface area (Å²) in [6.07, 6.45) is 1.75.